The number of benzene rings is 1. The van der Waals surface area contributed by atoms with Crippen LogP contribution < -0.4 is 11.3 Å². The summed E-state index contributed by atoms with van der Waals surface area (Å²) in [6.45, 7) is 0. The molecule has 96 valence electrons. The molecule has 0 saturated heterocycles. The number of nitrogens with zero attached hydrogens (tertiary/aromatic N) is 1. The minimum atomic E-state index is -1.07. The molecule has 1 unspecified atom stereocenters. The van der Waals surface area contributed by atoms with Crippen LogP contribution in [0.3, 0.4) is 0 Å². The third-order valence-electron chi connectivity index (χ3n) is 2.80. The molecule has 1 aromatic carbocycles. The normalized spacial score (nSPS) is 12.0. The summed E-state index contributed by atoms with van der Waals surface area (Å²) in [5.41, 5.74) is 6.37. The smallest absolute Gasteiger partial charge is 0.320 e. The summed E-state index contributed by atoms with van der Waals surface area (Å²) in [5, 5.41) is 18.2. The Bertz CT molecular complexity index is 743. The highest BCUT2D eigenvalue weighted by Crippen LogP contribution is 2.14. The minimum Gasteiger partial charge on any atom is -0.480 e. The molecule has 4 N–H and O–H groups in total. The standard InChI is InChI=1S/C13H11N3O3/c14-6-9-5-8-3-7(4-10(15)13(18)19)1-2-11(8)16-12(9)17/h1-3,5,10H,4,15H2,(H,16,17)(H,18,19). The SMILES string of the molecule is N#Cc1cc2cc(CC(N)C(=O)O)ccc2[nH]c1=O. The Morgan fingerprint density at radius 2 is 2.21 bits per heavy atom. The topological polar surface area (TPSA) is 120 Å². The fourth-order valence-electron chi connectivity index (χ4n) is 1.81. The van der Waals surface area contributed by atoms with Gasteiger partial charge < -0.3 is 15.8 Å². The summed E-state index contributed by atoms with van der Waals surface area (Å²) < 4.78 is 0. The molecule has 0 bridgehead atoms. The zero-order valence-electron chi connectivity index (χ0n) is 9.88. The fourth-order valence-corrected chi connectivity index (χ4v) is 1.81. The van der Waals surface area contributed by atoms with Gasteiger partial charge in [0, 0.05) is 5.52 Å². The van der Waals surface area contributed by atoms with E-state index in [9.17, 15) is 9.59 Å². The predicted octanol–water partition coefficient (Wildman–Crippen LogP) is 0.354. The van der Waals surface area contributed by atoms with Crippen LogP contribution in [0.15, 0.2) is 29.1 Å². The zero-order valence-corrected chi connectivity index (χ0v) is 9.88. The maximum atomic E-state index is 11.4. The van der Waals surface area contributed by atoms with Crippen molar-refractivity contribution >= 4 is 16.9 Å². The van der Waals surface area contributed by atoms with E-state index < -0.39 is 17.6 Å². The van der Waals surface area contributed by atoms with Crippen molar-refractivity contribution in [1.29, 1.82) is 5.26 Å². The van der Waals surface area contributed by atoms with E-state index in [0.717, 1.165) is 5.56 Å². The van der Waals surface area contributed by atoms with Crippen molar-refractivity contribution in [3.8, 4) is 6.07 Å². The number of H-pyrrole nitrogens is 1. The number of hydrogen-bond donors (Lipinski definition) is 3. The van der Waals surface area contributed by atoms with Crippen LogP contribution >= 0.6 is 0 Å². The molecular weight excluding hydrogens is 246 g/mol. The van der Waals surface area contributed by atoms with Gasteiger partial charge in [-0.05, 0) is 35.6 Å². The quantitative estimate of drug-likeness (QED) is 0.733. The lowest BCUT2D eigenvalue weighted by Gasteiger charge is -2.07. The molecule has 2 rings (SSSR count). The van der Waals surface area contributed by atoms with Gasteiger partial charge in [0.15, 0.2) is 0 Å². The molecular formula is C13H11N3O3. The Morgan fingerprint density at radius 1 is 1.47 bits per heavy atom. The number of carbonyl (C=O) groups is 1. The Balaban J connectivity index is 2.46. The van der Waals surface area contributed by atoms with Gasteiger partial charge >= 0.3 is 5.97 Å². The molecule has 0 aliphatic rings. The highest BCUT2D eigenvalue weighted by Gasteiger charge is 2.12. The van der Waals surface area contributed by atoms with E-state index in [0.29, 0.717) is 10.9 Å². The first-order valence-corrected chi connectivity index (χ1v) is 5.55. The van der Waals surface area contributed by atoms with Gasteiger partial charge in [0.05, 0.1) is 0 Å². The maximum absolute atomic E-state index is 11.4. The first-order chi connectivity index (χ1) is 9.01. The van der Waals surface area contributed by atoms with Crippen molar-refractivity contribution in [1.82, 2.24) is 4.98 Å². The maximum Gasteiger partial charge on any atom is 0.320 e. The van der Waals surface area contributed by atoms with Crippen molar-refractivity contribution in [3.05, 3.63) is 45.7 Å². The van der Waals surface area contributed by atoms with Crippen LogP contribution in [0.5, 0.6) is 0 Å². The summed E-state index contributed by atoms with van der Waals surface area (Å²) in [4.78, 5) is 24.7. The van der Waals surface area contributed by atoms with E-state index in [1.165, 1.54) is 6.07 Å². The van der Waals surface area contributed by atoms with Crippen LogP contribution in [-0.4, -0.2) is 22.1 Å². The summed E-state index contributed by atoms with van der Waals surface area (Å²) in [6.07, 6.45) is 0.187. The van der Waals surface area contributed by atoms with Gasteiger partial charge in [-0.2, -0.15) is 5.26 Å². The van der Waals surface area contributed by atoms with Crippen LogP contribution in [0.1, 0.15) is 11.1 Å². The van der Waals surface area contributed by atoms with E-state index in [-0.39, 0.29) is 12.0 Å². The highest BCUT2D eigenvalue weighted by atomic mass is 16.4. The number of aliphatic carboxylic acids is 1. The molecule has 0 aliphatic heterocycles. The lowest BCUT2D eigenvalue weighted by atomic mass is 10.0. The second-order valence-corrected chi connectivity index (χ2v) is 4.19. The lowest BCUT2D eigenvalue weighted by molar-refractivity contribution is -0.138. The number of aromatic amines is 1. The second-order valence-electron chi connectivity index (χ2n) is 4.19. The fraction of sp³-hybridized carbons (Fsp3) is 0.154. The first kappa shape index (κ1) is 12.8. The Labute approximate surface area is 108 Å². The Kier molecular flexibility index (Phi) is 3.31. The molecule has 1 atom stereocenters. The average molecular weight is 257 g/mol. The van der Waals surface area contributed by atoms with Crippen molar-refractivity contribution in [3.63, 3.8) is 0 Å². The average Bonchev–Trinajstić information content (AvgIpc) is 2.38. The summed E-state index contributed by atoms with van der Waals surface area (Å²) >= 11 is 0. The number of nitrogens with two attached hydrogens (primary N) is 1. The van der Waals surface area contributed by atoms with Crippen molar-refractivity contribution in [2.24, 2.45) is 5.73 Å². The number of carboxylic acid groups (broad SMARTS) is 1. The summed E-state index contributed by atoms with van der Waals surface area (Å²) in [5.74, 6) is -1.07. The van der Waals surface area contributed by atoms with Gasteiger partial charge in [-0.1, -0.05) is 6.07 Å². The number of nitriles is 1. The number of pyridine rings is 1. The van der Waals surface area contributed by atoms with E-state index in [1.54, 1.807) is 24.3 Å². The molecule has 1 heterocycles. The second kappa shape index (κ2) is 4.92. The van der Waals surface area contributed by atoms with Gasteiger partial charge in [0.25, 0.3) is 5.56 Å². The molecule has 0 amide bonds. The van der Waals surface area contributed by atoms with Gasteiger partial charge in [0.2, 0.25) is 0 Å². The van der Waals surface area contributed by atoms with Crippen LogP contribution in [0, 0.1) is 11.3 Å². The monoisotopic (exact) mass is 257 g/mol. The summed E-state index contributed by atoms with van der Waals surface area (Å²) in [7, 11) is 0. The van der Waals surface area contributed by atoms with E-state index >= 15 is 0 Å². The predicted molar refractivity (Wildman–Crippen MR) is 68.6 cm³/mol. The lowest BCUT2D eigenvalue weighted by Crippen LogP contribution is -2.32. The van der Waals surface area contributed by atoms with Crippen molar-refractivity contribution in [2.45, 2.75) is 12.5 Å². The van der Waals surface area contributed by atoms with Crippen molar-refractivity contribution < 1.29 is 9.90 Å². The Hall–Kier alpha value is -2.65. The van der Waals surface area contributed by atoms with Crippen LogP contribution in [0.2, 0.25) is 0 Å². The van der Waals surface area contributed by atoms with E-state index in [2.05, 4.69) is 4.98 Å². The van der Waals surface area contributed by atoms with Gasteiger partial charge in [0.1, 0.15) is 17.7 Å². The Morgan fingerprint density at radius 3 is 2.84 bits per heavy atom. The molecule has 2 aromatic rings. The number of aromatic nitrogens is 1. The minimum absolute atomic E-state index is 0.0205. The zero-order chi connectivity index (χ0) is 14.0. The number of carboxylic acids is 1. The van der Waals surface area contributed by atoms with Crippen LogP contribution in [-0.2, 0) is 11.2 Å². The van der Waals surface area contributed by atoms with E-state index in [4.69, 9.17) is 16.1 Å². The molecule has 6 nitrogen and oxygen atoms in total. The molecule has 0 fully saturated rings. The van der Waals surface area contributed by atoms with Gasteiger partial charge in [-0.25, -0.2) is 0 Å². The number of rotatable bonds is 3. The van der Waals surface area contributed by atoms with Gasteiger partial charge in [-0.3, -0.25) is 9.59 Å². The van der Waals surface area contributed by atoms with E-state index in [1.807, 2.05) is 0 Å². The molecule has 0 saturated carbocycles. The number of fused-ring (bicyclic) bond motifs is 1. The third kappa shape index (κ3) is 2.61. The van der Waals surface area contributed by atoms with Crippen LogP contribution in [0.4, 0.5) is 0 Å². The van der Waals surface area contributed by atoms with Gasteiger partial charge in [-0.15, -0.1) is 0 Å². The number of hydrogen-bond acceptors (Lipinski definition) is 4. The third-order valence-corrected chi connectivity index (χ3v) is 2.80. The molecule has 1 aromatic heterocycles. The summed E-state index contributed by atoms with van der Waals surface area (Å²) in [6, 6.07) is 7.39. The van der Waals surface area contributed by atoms with Crippen molar-refractivity contribution in [2.75, 3.05) is 0 Å². The largest absolute Gasteiger partial charge is 0.480 e. The first-order valence-electron chi connectivity index (χ1n) is 5.55. The van der Waals surface area contributed by atoms with Crippen LogP contribution in [0.25, 0.3) is 10.9 Å². The molecule has 0 radical (unpaired) electrons. The molecule has 6 heteroatoms. The molecule has 0 aliphatic carbocycles. The molecule has 0 spiro atoms. The molecule has 19 heavy (non-hydrogen) atoms. The highest BCUT2D eigenvalue weighted by molar-refractivity contribution is 5.81. The number of nitrogens with one attached hydrogen (secondary N) is 1.